The number of nitriles is 1. The number of rotatable bonds is 2. The second-order valence-corrected chi connectivity index (χ2v) is 12.5. The molecule has 0 N–H and O–H groups in total. The summed E-state index contributed by atoms with van der Waals surface area (Å²) in [4.78, 5) is 10.6. The maximum absolute atomic E-state index is 9.73. The Morgan fingerprint density at radius 2 is 1.21 bits per heavy atom. The monoisotopic (exact) mass is 609 g/mol. The standard InChI is InChI=1S/C43H23N5/c44-24-25-10-9-12-27(22-25)40-31-16-3-6-17-34(31)45-43(46-40)48-36-19-8-5-15-30(36)33-23-32-29-14-4-7-18-35(29)47-37-21-20-26-11-1-2-13-28(26)38(37)39(41(32)47)42(33)48/h1-23H. The average Bonchev–Trinajstić information content (AvgIpc) is 3.79. The Labute approximate surface area is 273 Å². The quantitative estimate of drug-likeness (QED) is 0.196. The molecule has 0 bridgehead atoms. The molecule has 4 heterocycles. The maximum atomic E-state index is 9.73. The van der Waals surface area contributed by atoms with Crippen LogP contribution < -0.4 is 0 Å². The van der Waals surface area contributed by atoms with E-state index in [0.717, 1.165) is 38.6 Å². The van der Waals surface area contributed by atoms with Crippen LogP contribution in [0.15, 0.2) is 140 Å². The summed E-state index contributed by atoms with van der Waals surface area (Å²) in [5.41, 5.74) is 8.88. The van der Waals surface area contributed by atoms with Gasteiger partial charge in [0, 0.05) is 43.3 Å². The molecule has 4 aromatic heterocycles. The summed E-state index contributed by atoms with van der Waals surface area (Å²) in [7, 11) is 0. The van der Waals surface area contributed by atoms with Crippen molar-refractivity contribution in [2.24, 2.45) is 0 Å². The first-order valence-electron chi connectivity index (χ1n) is 16.1. The molecule has 0 aliphatic rings. The van der Waals surface area contributed by atoms with Crippen molar-refractivity contribution < 1.29 is 0 Å². The highest BCUT2D eigenvalue weighted by molar-refractivity contribution is 6.37. The first kappa shape index (κ1) is 25.4. The fourth-order valence-corrected chi connectivity index (χ4v) is 8.10. The topological polar surface area (TPSA) is 58.9 Å². The summed E-state index contributed by atoms with van der Waals surface area (Å²) in [6, 6.07) is 51.0. The Morgan fingerprint density at radius 3 is 2.06 bits per heavy atom. The van der Waals surface area contributed by atoms with Crippen LogP contribution >= 0.6 is 0 Å². The van der Waals surface area contributed by atoms with Gasteiger partial charge < -0.3 is 4.40 Å². The zero-order chi connectivity index (χ0) is 31.5. The third-order valence-corrected chi connectivity index (χ3v) is 10.0. The van der Waals surface area contributed by atoms with Gasteiger partial charge in [-0.3, -0.25) is 4.57 Å². The molecule has 5 nitrogen and oxygen atoms in total. The number of hydrogen-bond donors (Lipinski definition) is 0. The molecule has 0 aliphatic heterocycles. The van der Waals surface area contributed by atoms with Crippen molar-refractivity contribution in [3.05, 3.63) is 145 Å². The Bertz CT molecular complexity index is 3190. The molecule has 0 saturated carbocycles. The largest absolute Gasteiger partial charge is 0.308 e. The van der Waals surface area contributed by atoms with Gasteiger partial charge in [0.05, 0.1) is 50.4 Å². The van der Waals surface area contributed by atoms with Crippen molar-refractivity contribution in [3.8, 4) is 23.3 Å². The van der Waals surface area contributed by atoms with Crippen LogP contribution in [0.25, 0.3) is 98.8 Å². The van der Waals surface area contributed by atoms with Gasteiger partial charge in [-0.2, -0.15) is 5.26 Å². The SMILES string of the molecule is N#Cc1cccc(-c2nc(-n3c4ccccc4c4cc5c6ccccc6n6c7ccc8ccccc8c7c(c43)c56)nc3ccccc23)c1. The minimum Gasteiger partial charge on any atom is -0.308 e. The van der Waals surface area contributed by atoms with Gasteiger partial charge in [-0.15, -0.1) is 0 Å². The first-order chi connectivity index (χ1) is 23.8. The lowest BCUT2D eigenvalue weighted by atomic mass is 10.00. The number of para-hydroxylation sites is 3. The van der Waals surface area contributed by atoms with E-state index in [-0.39, 0.29) is 0 Å². The molecular weight excluding hydrogens is 587 g/mol. The summed E-state index contributed by atoms with van der Waals surface area (Å²) < 4.78 is 4.71. The molecule has 11 rings (SSSR count). The molecule has 220 valence electrons. The van der Waals surface area contributed by atoms with E-state index in [1.165, 1.54) is 54.3 Å². The predicted octanol–water partition coefficient (Wildman–Crippen LogP) is 10.6. The molecule has 48 heavy (non-hydrogen) atoms. The fourth-order valence-electron chi connectivity index (χ4n) is 8.10. The summed E-state index contributed by atoms with van der Waals surface area (Å²) in [5.74, 6) is 0.601. The van der Waals surface area contributed by atoms with E-state index in [1.54, 1.807) is 0 Å². The van der Waals surface area contributed by atoms with E-state index in [1.807, 2.05) is 42.5 Å². The van der Waals surface area contributed by atoms with E-state index in [9.17, 15) is 5.26 Å². The van der Waals surface area contributed by atoms with Gasteiger partial charge >= 0.3 is 0 Å². The second kappa shape index (κ2) is 9.16. The minimum absolute atomic E-state index is 0.598. The molecule has 5 heteroatoms. The van der Waals surface area contributed by atoms with E-state index in [2.05, 4.69) is 112 Å². The summed E-state index contributed by atoms with van der Waals surface area (Å²) in [6.45, 7) is 0. The van der Waals surface area contributed by atoms with Crippen molar-refractivity contribution in [3.63, 3.8) is 0 Å². The number of benzene rings is 7. The van der Waals surface area contributed by atoms with Crippen LogP contribution in [0.1, 0.15) is 5.56 Å². The zero-order valence-corrected chi connectivity index (χ0v) is 25.5. The molecule has 0 fully saturated rings. The molecule has 11 aromatic rings. The van der Waals surface area contributed by atoms with E-state index in [4.69, 9.17) is 9.97 Å². The molecule has 0 saturated heterocycles. The Morgan fingerprint density at radius 1 is 0.500 bits per heavy atom. The lowest BCUT2D eigenvalue weighted by molar-refractivity contribution is 1.02. The lowest BCUT2D eigenvalue weighted by Crippen LogP contribution is -2.03. The Hall–Kier alpha value is -6.77. The van der Waals surface area contributed by atoms with E-state index in [0.29, 0.717) is 11.5 Å². The van der Waals surface area contributed by atoms with Gasteiger partial charge in [0.15, 0.2) is 0 Å². The van der Waals surface area contributed by atoms with Crippen LogP contribution in [0.4, 0.5) is 0 Å². The zero-order valence-electron chi connectivity index (χ0n) is 25.5. The molecule has 0 unspecified atom stereocenters. The number of nitrogens with zero attached hydrogens (tertiary/aromatic N) is 5. The number of hydrogen-bond acceptors (Lipinski definition) is 3. The first-order valence-corrected chi connectivity index (χ1v) is 16.1. The Balaban J connectivity index is 1.40. The maximum Gasteiger partial charge on any atom is 0.235 e. The van der Waals surface area contributed by atoms with Crippen molar-refractivity contribution in [2.45, 2.75) is 0 Å². The van der Waals surface area contributed by atoms with Crippen LogP contribution in [0.3, 0.4) is 0 Å². The van der Waals surface area contributed by atoms with Gasteiger partial charge in [0.1, 0.15) is 0 Å². The van der Waals surface area contributed by atoms with Crippen molar-refractivity contribution in [1.29, 1.82) is 5.26 Å². The van der Waals surface area contributed by atoms with E-state index >= 15 is 0 Å². The molecule has 7 aromatic carbocycles. The molecule has 0 aliphatic carbocycles. The predicted molar refractivity (Wildman–Crippen MR) is 196 cm³/mol. The number of fused-ring (bicyclic) bond motifs is 13. The van der Waals surface area contributed by atoms with Gasteiger partial charge in [0.2, 0.25) is 5.95 Å². The number of aromatic nitrogens is 4. The minimum atomic E-state index is 0.598. The Kier molecular flexibility index (Phi) is 4.85. The highest BCUT2D eigenvalue weighted by Crippen LogP contribution is 2.48. The van der Waals surface area contributed by atoms with Crippen LogP contribution in [-0.2, 0) is 0 Å². The molecule has 0 radical (unpaired) electrons. The van der Waals surface area contributed by atoms with E-state index < -0.39 is 0 Å². The second-order valence-electron chi connectivity index (χ2n) is 12.5. The highest BCUT2D eigenvalue weighted by Gasteiger charge is 2.26. The summed E-state index contributed by atoms with van der Waals surface area (Å²) in [5, 5.41) is 20.3. The molecular formula is C43H23N5. The lowest BCUT2D eigenvalue weighted by Gasteiger charge is -2.12. The molecule has 0 spiro atoms. The van der Waals surface area contributed by atoms with Gasteiger partial charge in [-0.25, -0.2) is 9.97 Å². The van der Waals surface area contributed by atoms with Crippen LogP contribution in [0, 0.1) is 11.3 Å². The van der Waals surface area contributed by atoms with Crippen molar-refractivity contribution in [2.75, 3.05) is 0 Å². The highest BCUT2D eigenvalue weighted by atomic mass is 15.2. The third kappa shape index (κ3) is 3.18. The van der Waals surface area contributed by atoms with Crippen LogP contribution in [-0.4, -0.2) is 18.9 Å². The van der Waals surface area contributed by atoms with Crippen LogP contribution in [0.5, 0.6) is 0 Å². The molecule has 0 amide bonds. The van der Waals surface area contributed by atoms with Crippen molar-refractivity contribution in [1.82, 2.24) is 18.9 Å². The summed E-state index contributed by atoms with van der Waals surface area (Å²) >= 11 is 0. The van der Waals surface area contributed by atoms with Crippen LogP contribution in [0.2, 0.25) is 0 Å². The van der Waals surface area contributed by atoms with Gasteiger partial charge in [-0.1, -0.05) is 97.1 Å². The molecule has 0 atom stereocenters. The fraction of sp³-hybridized carbons (Fsp3) is 0. The van der Waals surface area contributed by atoms with Crippen molar-refractivity contribution >= 4 is 81.6 Å². The third-order valence-electron chi connectivity index (χ3n) is 10.0. The summed E-state index contributed by atoms with van der Waals surface area (Å²) in [6.07, 6.45) is 0. The smallest absolute Gasteiger partial charge is 0.235 e. The normalized spacial score (nSPS) is 12.1. The van der Waals surface area contributed by atoms with Gasteiger partial charge in [-0.05, 0) is 53.2 Å². The average molecular weight is 610 g/mol. The van der Waals surface area contributed by atoms with Gasteiger partial charge in [0.25, 0.3) is 0 Å².